The van der Waals surface area contributed by atoms with Gasteiger partial charge in [0.05, 0.1) is 35.0 Å². The molecule has 0 aliphatic rings. The Balaban J connectivity index is 1.53. The number of thiophene rings is 1. The van der Waals surface area contributed by atoms with Gasteiger partial charge in [-0.1, -0.05) is 0 Å². The zero-order chi connectivity index (χ0) is 19.4. The predicted octanol–water partition coefficient (Wildman–Crippen LogP) is 4.63. The molecular formula is C21H15N7S. The van der Waals surface area contributed by atoms with Crippen LogP contribution in [0.5, 0.6) is 0 Å². The molecule has 2 N–H and O–H groups in total. The van der Waals surface area contributed by atoms with Crippen molar-refractivity contribution in [1.82, 2.24) is 34.9 Å². The van der Waals surface area contributed by atoms with Crippen molar-refractivity contribution in [1.29, 1.82) is 0 Å². The summed E-state index contributed by atoms with van der Waals surface area (Å²) in [5.41, 5.74) is 7.67. The van der Waals surface area contributed by atoms with Crippen molar-refractivity contribution < 1.29 is 0 Å². The molecular weight excluding hydrogens is 382 g/mol. The van der Waals surface area contributed by atoms with Gasteiger partial charge in [0, 0.05) is 52.2 Å². The van der Waals surface area contributed by atoms with Gasteiger partial charge in [-0.25, -0.2) is 0 Å². The summed E-state index contributed by atoms with van der Waals surface area (Å²) in [7, 11) is 1.90. The second-order valence-corrected chi connectivity index (χ2v) is 7.69. The Morgan fingerprint density at radius 1 is 0.966 bits per heavy atom. The second-order valence-electron chi connectivity index (χ2n) is 6.91. The molecule has 140 valence electrons. The molecule has 0 aliphatic carbocycles. The molecule has 6 heterocycles. The van der Waals surface area contributed by atoms with Gasteiger partial charge in [-0.2, -0.15) is 21.5 Å². The summed E-state index contributed by atoms with van der Waals surface area (Å²) >= 11 is 1.67. The molecule has 6 aromatic rings. The Labute approximate surface area is 169 Å². The van der Waals surface area contributed by atoms with Crippen molar-refractivity contribution in [3.05, 3.63) is 59.8 Å². The van der Waals surface area contributed by atoms with Crippen molar-refractivity contribution in [3.8, 4) is 33.9 Å². The first-order valence-electron chi connectivity index (χ1n) is 9.10. The predicted molar refractivity (Wildman–Crippen MR) is 114 cm³/mol. The minimum absolute atomic E-state index is 0.861. The van der Waals surface area contributed by atoms with Crippen LogP contribution in [0.3, 0.4) is 0 Å². The van der Waals surface area contributed by atoms with Crippen LogP contribution in [0.4, 0.5) is 0 Å². The van der Waals surface area contributed by atoms with E-state index in [0.717, 1.165) is 55.7 Å². The largest absolute Gasteiger partial charge is 0.353 e. The SMILES string of the molecule is Cn1cc(-c2cc3c(-c4cc5c(-c6ccsc6)nccc5[nH]4)n[nH]c3cn2)cn1. The van der Waals surface area contributed by atoms with Gasteiger partial charge in [0.25, 0.3) is 0 Å². The number of pyridine rings is 2. The number of aromatic nitrogens is 7. The zero-order valence-electron chi connectivity index (χ0n) is 15.4. The van der Waals surface area contributed by atoms with Crippen LogP contribution in [0.2, 0.25) is 0 Å². The fourth-order valence-electron chi connectivity index (χ4n) is 3.64. The molecule has 0 aliphatic heterocycles. The Morgan fingerprint density at radius 3 is 2.72 bits per heavy atom. The maximum Gasteiger partial charge on any atom is 0.116 e. The highest BCUT2D eigenvalue weighted by Gasteiger charge is 2.15. The maximum atomic E-state index is 4.60. The molecule has 29 heavy (non-hydrogen) atoms. The Hall–Kier alpha value is -3.78. The lowest BCUT2D eigenvalue weighted by Crippen LogP contribution is -1.85. The van der Waals surface area contributed by atoms with Gasteiger partial charge in [-0.3, -0.25) is 19.7 Å². The molecule has 0 unspecified atom stereocenters. The minimum Gasteiger partial charge on any atom is -0.353 e. The van der Waals surface area contributed by atoms with Gasteiger partial charge in [-0.15, -0.1) is 0 Å². The average molecular weight is 397 g/mol. The molecule has 0 saturated carbocycles. The lowest BCUT2D eigenvalue weighted by atomic mass is 10.1. The molecule has 0 saturated heterocycles. The smallest absolute Gasteiger partial charge is 0.116 e. The third-order valence-electron chi connectivity index (χ3n) is 5.05. The van der Waals surface area contributed by atoms with E-state index in [1.807, 2.05) is 37.9 Å². The lowest BCUT2D eigenvalue weighted by Gasteiger charge is -1.98. The van der Waals surface area contributed by atoms with Crippen LogP contribution in [0.25, 0.3) is 55.7 Å². The number of aryl methyl sites for hydroxylation is 1. The van der Waals surface area contributed by atoms with E-state index in [0.29, 0.717) is 0 Å². The van der Waals surface area contributed by atoms with Gasteiger partial charge in [-0.05, 0) is 29.6 Å². The lowest BCUT2D eigenvalue weighted by molar-refractivity contribution is 0.768. The standard InChI is InChI=1S/C21H15N7S/c1-28-10-13(8-24-28)17-6-15-19(9-23-17)26-27-21(15)18-7-14-16(25-18)2-4-22-20(14)12-3-5-29-11-12/h2-11,25H,1H3,(H,26,27). The first kappa shape index (κ1) is 16.2. The molecule has 6 aromatic heterocycles. The third-order valence-corrected chi connectivity index (χ3v) is 5.73. The summed E-state index contributed by atoms with van der Waals surface area (Å²) in [5, 5.41) is 18.2. The van der Waals surface area contributed by atoms with Gasteiger partial charge in [0.15, 0.2) is 0 Å². The summed E-state index contributed by atoms with van der Waals surface area (Å²) in [6, 6.07) is 8.25. The first-order chi connectivity index (χ1) is 14.3. The van der Waals surface area contributed by atoms with Crippen molar-refractivity contribution in [2.24, 2.45) is 7.05 Å². The normalized spacial score (nSPS) is 11.6. The van der Waals surface area contributed by atoms with Crippen molar-refractivity contribution in [2.75, 3.05) is 0 Å². The fourth-order valence-corrected chi connectivity index (χ4v) is 4.28. The van der Waals surface area contributed by atoms with E-state index < -0.39 is 0 Å². The highest BCUT2D eigenvalue weighted by atomic mass is 32.1. The molecule has 0 bridgehead atoms. The van der Waals surface area contributed by atoms with Crippen LogP contribution in [0, 0.1) is 0 Å². The van der Waals surface area contributed by atoms with Gasteiger partial charge >= 0.3 is 0 Å². The topological polar surface area (TPSA) is 88.1 Å². The molecule has 7 nitrogen and oxygen atoms in total. The number of nitrogens with one attached hydrogen (secondary N) is 2. The molecule has 0 atom stereocenters. The quantitative estimate of drug-likeness (QED) is 0.456. The molecule has 0 spiro atoms. The number of H-pyrrole nitrogens is 2. The number of rotatable bonds is 3. The third kappa shape index (κ3) is 2.57. The van der Waals surface area contributed by atoms with Crippen LogP contribution in [0.15, 0.2) is 59.8 Å². The van der Waals surface area contributed by atoms with Gasteiger partial charge < -0.3 is 4.98 Å². The van der Waals surface area contributed by atoms with E-state index in [4.69, 9.17) is 0 Å². The van der Waals surface area contributed by atoms with Gasteiger partial charge in [0.1, 0.15) is 5.69 Å². The Morgan fingerprint density at radius 2 is 1.90 bits per heavy atom. The first-order valence-corrected chi connectivity index (χ1v) is 10.0. The van der Waals surface area contributed by atoms with Crippen molar-refractivity contribution in [3.63, 3.8) is 0 Å². The molecule has 6 rings (SSSR count). The van der Waals surface area contributed by atoms with E-state index in [-0.39, 0.29) is 0 Å². The highest BCUT2D eigenvalue weighted by molar-refractivity contribution is 7.08. The average Bonchev–Trinajstić information content (AvgIpc) is 3.51. The van der Waals surface area contributed by atoms with Crippen LogP contribution in [-0.4, -0.2) is 34.9 Å². The molecule has 0 radical (unpaired) electrons. The molecule has 8 heteroatoms. The van der Waals surface area contributed by atoms with Crippen LogP contribution < -0.4 is 0 Å². The maximum absolute atomic E-state index is 4.60. The zero-order valence-corrected chi connectivity index (χ0v) is 16.2. The Bertz CT molecular complexity index is 1470. The number of hydrogen-bond donors (Lipinski definition) is 2. The summed E-state index contributed by atoms with van der Waals surface area (Å²) in [5.74, 6) is 0. The van der Waals surface area contributed by atoms with E-state index in [1.54, 1.807) is 16.0 Å². The van der Waals surface area contributed by atoms with Crippen LogP contribution in [0.1, 0.15) is 0 Å². The highest BCUT2D eigenvalue weighted by Crippen LogP contribution is 2.34. The van der Waals surface area contributed by atoms with Crippen molar-refractivity contribution in [2.45, 2.75) is 0 Å². The number of fused-ring (bicyclic) bond motifs is 2. The summed E-state index contributed by atoms with van der Waals surface area (Å²) in [6.07, 6.45) is 7.42. The number of hydrogen-bond acceptors (Lipinski definition) is 5. The van der Waals surface area contributed by atoms with Gasteiger partial charge in [0.2, 0.25) is 0 Å². The molecule has 0 aromatic carbocycles. The van der Waals surface area contributed by atoms with E-state index in [2.05, 4.69) is 59.2 Å². The summed E-state index contributed by atoms with van der Waals surface area (Å²) in [4.78, 5) is 12.6. The monoisotopic (exact) mass is 397 g/mol. The molecule has 0 fully saturated rings. The Kier molecular flexibility index (Phi) is 3.41. The van der Waals surface area contributed by atoms with Crippen molar-refractivity contribution >= 4 is 33.1 Å². The summed E-state index contributed by atoms with van der Waals surface area (Å²) in [6.45, 7) is 0. The van der Waals surface area contributed by atoms with Crippen LogP contribution in [-0.2, 0) is 7.05 Å². The minimum atomic E-state index is 0.861. The van der Waals surface area contributed by atoms with E-state index >= 15 is 0 Å². The number of nitrogens with zero attached hydrogens (tertiary/aromatic N) is 5. The van der Waals surface area contributed by atoms with E-state index in [1.165, 1.54) is 0 Å². The fraction of sp³-hybridized carbons (Fsp3) is 0.0476. The van der Waals surface area contributed by atoms with Crippen LogP contribution >= 0.6 is 11.3 Å². The summed E-state index contributed by atoms with van der Waals surface area (Å²) < 4.78 is 1.77. The van der Waals surface area contributed by atoms with E-state index in [9.17, 15) is 0 Å². The molecule has 0 amide bonds. The second kappa shape index (κ2) is 6.11. The number of aromatic amines is 2.